The second-order valence-corrected chi connectivity index (χ2v) is 12.4. The number of hydrogen-bond acceptors (Lipinski definition) is 4. The van der Waals surface area contributed by atoms with Gasteiger partial charge >= 0.3 is 0 Å². The number of anilines is 1. The Labute approximate surface area is 240 Å². The van der Waals surface area contributed by atoms with Gasteiger partial charge in [-0.25, -0.2) is 8.42 Å². The van der Waals surface area contributed by atoms with Gasteiger partial charge in [0.05, 0.1) is 17.0 Å². The van der Waals surface area contributed by atoms with Crippen molar-refractivity contribution < 1.29 is 18.0 Å². The fourth-order valence-corrected chi connectivity index (χ4v) is 5.38. The van der Waals surface area contributed by atoms with Crippen LogP contribution in [0.4, 0.5) is 5.69 Å². The number of hydrogen-bond donors (Lipinski definition) is 1. The summed E-state index contributed by atoms with van der Waals surface area (Å²) in [5.74, 6) is -0.711. The van der Waals surface area contributed by atoms with E-state index in [1.165, 1.54) is 11.0 Å². The first-order valence-corrected chi connectivity index (χ1v) is 15.1. The van der Waals surface area contributed by atoms with E-state index in [2.05, 4.69) is 5.32 Å². The molecule has 1 N–H and O–H groups in total. The molecule has 0 aliphatic rings. The van der Waals surface area contributed by atoms with E-state index in [0.29, 0.717) is 17.1 Å². The summed E-state index contributed by atoms with van der Waals surface area (Å²) in [6.07, 6.45) is 1.24. The summed E-state index contributed by atoms with van der Waals surface area (Å²) in [6, 6.07) is 21.9. The highest BCUT2D eigenvalue weighted by atomic mass is 35.5. The van der Waals surface area contributed by atoms with Gasteiger partial charge < -0.3 is 10.2 Å². The van der Waals surface area contributed by atoms with Crippen LogP contribution in [0.5, 0.6) is 0 Å². The molecule has 3 rings (SSSR count). The summed E-state index contributed by atoms with van der Waals surface area (Å²) in [5.41, 5.74) is 1.66. The maximum atomic E-state index is 14.0. The average molecular weight is 591 g/mol. The Morgan fingerprint density at radius 2 is 1.46 bits per heavy atom. The van der Waals surface area contributed by atoms with Crippen LogP contribution in [0.25, 0.3) is 0 Å². The van der Waals surface area contributed by atoms with Crippen molar-refractivity contribution in [1.82, 2.24) is 10.2 Å². The standard InChI is InChI=1S/C29H33Cl2N3O4S/c1-21(2)18-32-29(36)27(17-22-11-5-4-6-12-22)33(19-23-13-7-8-14-24(23)30)28(35)20-34(39(3,37)38)26-16-10-9-15-25(26)31/h4-16,21,27H,17-20H2,1-3H3,(H,32,36)/t27-/m0/s1. The van der Waals surface area contributed by atoms with Gasteiger partial charge in [-0.3, -0.25) is 13.9 Å². The van der Waals surface area contributed by atoms with Gasteiger partial charge in [-0.05, 0) is 35.2 Å². The van der Waals surface area contributed by atoms with Gasteiger partial charge in [0.2, 0.25) is 21.8 Å². The SMILES string of the molecule is CC(C)CNC(=O)[C@H](Cc1ccccc1)N(Cc1ccccc1Cl)C(=O)CN(c1ccccc1Cl)S(C)(=O)=O. The van der Waals surface area contributed by atoms with Crippen LogP contribution < -0.4 is 9.62 Å². The lowest BCUT2D eigenvalue weighted by Gasteiger charge is -2.34. The number of carbonyl (C=O) groups is 2. The molecule has 0 heterocycles. The highest BCUT2D eigenvalue weighted by molar-refractivity contribution is 7.92. The summed E-state index contributed by atoms with van der Waals surface area (Å²) >= 11 is 12.8. The molecule has 0 radical (unpaired) electrons. The summed E-state index contributed by atoms with van der Waals surface area (Å²) in [5, 5.41) is 3.56. The quantitative estimate of drug-likeness (QED) is 0.315. The predicted octanol–water partition coefficient (Wildman–Crippen LogP) is 5.17. The number of carbonyl (C=O) groups excluding carboxylic acids is 2. The molecule has 0 bridgehead atoms. The summed E-state index contributed by atoms with van der Waals surface area (Å²) in [6.45, 7) is 3.84. The molecule has 3 aromatic rings. The minimum atomic E-state index is -3.90. The van der Waals surface area contributed by atoms with Gasteiger partial charge in [0.25, 0.3) is 0 Å². The fourth-order valence-electron chi connectivity index (χ4n) is 4.04. The zero-order chi connectivity index (χ0) is 28.6. The number of rotatable bonds is 12. The number of nitrogens with one attached hydrogen (secondary N) is 1. The normalized spacial score (nSPS) is 12.2. The van der Waals surface area contributed by atoms with Crippen molar-refractivity contribution in [3.05, 3.63) is 100 Å². The lowest BCUT2D eigenvalue weighted by Crippen LogP contribution is -2.53. The topological polar surface area (TPSA) is 86.8 Å². The van der Waals surface area contributed by atoms with Crippen LogP contribution in [0, 0.1) is 5.92 Å². The van der Waals surface area contributed by atoms with Gasteiger partial charge in [-0.15, -0.1) is 0 Å². The van der Waals surface area contributed by atoms with Crippen molar-refractivity contribution in [3.63, 3.8) is 0 Å². The van der Waals surface area contributed by atoms with E-state index in [1.54, 1.807) is 42.5 Å². The number of amides is 2. The molecule has 1 atom stereocenters. The molecule has 0 aliphatic heterocycles. The summed E-state index contributed by atoms with van der Waals surface area (Å²) in [4.78, 5) is 29.0. The van der Waals surface area contributed by atoms with Gasteiger partial charge in [0, 0.05) is 24.5 Å². The molecule has 0 aromatic heterocycles. The molecule has 39 heavy (non-hydrogen) atoms. The largest absolute Gasteiger partial charge is 0.354 e. The Kier molecular flexibility index (Phi) is 10.8. The Morgan fingerprint density at radius 3 is 2.05 bits per heavy atom. The smallest absolute Gasteiger partial charge is 0.244 e. The molecule has 2 amide bonds. The third-order valence-corrected chi connectivity index (χ3v) is 7.87. The molecule has 0 saturated heterocycles. The van der Waals surface area contributed by atoms with Gasteiger partial charge in [0.1, 0.15) is 12.6 Å². The maximum absolute atomic E-state index is 14.0. The molecule has 0 fully saturated rings. The van der Waals surface area contributed by atoms with Crippen LogP contribution in [0.1, 0.15) is 25.0 Å². The fraction of sp³-hybridized carbons (Fsp3) is 0.310. The molecule has 208 valence electrons. The van der Waals surface area contributed by atoms with Crippen LogP contribution in [-0.2, 0) is 32.6 Å². The molecule has 3 aromatic carbocycles. The minimum Gasteiger partial charge on any atom is -0.354 e. The zero-order valence-corrected chi connectivity index (χ0v) is 24.5. The van der Waals surface area contributed by atoms with Crippen LogP contribution in [-0.4, -0.2) is 50.5 Å². The highest BCUT2D eigenvalue weighted by Crippen LogP contribution is 2.28. The lowest BCUT2D eigenvalue weighted by atomic mass is 10.0. The van der Waals surface area contributed by atoms with Crippen molar-refractivity contribution in [1.29, 1.82) is 0 Å². The summed E-state index contributed by atoms with van der Waals surface area (Å²) in [7, 11) is -3.90. The van der Waals surface area contributed by atoms with Crippen molar-refractivity contribution >= 4 is 50.7 Å². The van der Waals surface area contributed by atoms with E-state index >= 15 is 0 Å². The van der Waals surface area contributed by atoms with E-state index in [0.717, 1.165) is 16.1 Å². The number of nitrogens with zero attached hydrogens (tertiary/aromatic N) is 2. The number of halogens is 2. The van der Waals surface area contributed by atoms with Gasteiger partial charge in [-0.2, -0.15) is 0 Å². The Balaban J connectivity index is 2.06. The number of benzene rings is 3. The Hall–Kier alpha value is -3.07. The third kappa shape index (κ3) is 8.71. The minimum absolute atomic E-state index is 0.00519. The first-order valence-electron chi connectivity index (χ1n) is 12.5. The van der Waals surface area contributed by atoms with Crippen LogP contribution in [0.2, 0.25) is 10.0 Å². The Morgan fingerprint density at radius 1 is 0.872 bits per heavy atom. The van der Waals surface area contributed by atoms with Crippen LogP contribution >= 0.6 is 23.2 Å². The molecule has 0 spiro atoms. The van der Waals surface area contributed by atoms with Crippen molar-refractivity contribution in [2.75, 3.05) is 23.7 Å². The molecule has 7 nitrogen and oxygen atoms in total. The predicted molar refractivity (Wildman–Crippen MR) is 157 cm³/mol. The van der Waals surface area contributed by atoms with E-state index in [9.17, 15) is 18.0 Å². The molecule has 0 aliphatic carbocycles. The first-order chi connectivity index (χ1) is 18.5. The average Bonchev–Trinajstić information content (AvgIpc) is 2.89. The Bertz CT molecular complexity index is 1380. The van der Waals surface area contributed by atoms with E-state index in [-0.39, 0.29) is 35.5 Å². The van der Waals surface area contributed by atoms with Crippen LogP contribution in [0.15, 0.2) is 78.9 Å². The first kappa shape index (κ1) is 30.5. The van der Waals surface area contributed by atoms with Crippen molar-refractivity contribution in [2.24, 2.45) is 5.92 Å². The highest BCUT2D eigenvalue weighted by Gasteiger charge is 2.33. The molecular formula is C29H33Cl2N3O4S. The zero-order valence-electron chi connectivity index (χ0n) is 22.2. The van der Waals surface area contributed by atoms with E-state index in [4.69, 9.17) is 23.2 Å². The van der Waals surface area contributed by atoms with Gasteiger partial charge in [0.15, 0.2) is 0 Å². The molecule has 0 saturated carbocycles. The molecular weight excluding hydrogens is 557 g/mol. The number of para-hydroxylation sites is 1. The van der Waals surface area contributed by atoms with E-state index in [1.807, 2.05) is 44.2 Å². The van der Waals surface area contributed by atoms with Gasteiger partial charge in [-0.1, -0.05) is 97.7 Å². The third-order valence-electron chi connectivity index (χ3n) is 6.05. The maximum Gasteiger partial charge on any atom is 0.244 e. The van der Waals surface area contributed by atoms with Crippen LogP contribution in [0.3, 0.4) is 0 Å². The van der Waals surface area contributed by atoms with Crippen molar-refractivity contribution in [2.45, 2.75) is 32.9 Å². The van der Waals surface area contributed by atoms with E-state index < -0.39 is 28.5 Å². The monoisotopic (exact) mass is 589 g/mol. The summed E-state index contributed by atoms with van der Waals surface area (Å²) < 4.78 is 26.6. The number of sulfonamides is 1. The molecule has 10 heteroatoms. The lowest BCUT2D eigenvalue weighted by molar-refractivity contribution is -0.140. The second-order valence-electron chi connectivity index (χ2n) is 9.68. The molecule has 0 unspecified atom stereocenters. The second kappa shape index (κ2) is 13.8. The van der Waals surface area contributed by atoms with Crippen molar-refractivity contribution in [3.8, 4) is 0 Å².